The molecule has 1 aromatic rings. The van der Waals surface area contributed by atoms with Crippen molar-refractivity contribution in [3.05, 3.63) is 28.8 Å². The lowest BCUT2D eigenvalue weighted by Gasteiger charge is -2.11. The molecule has 1 fully saturated rings. The maximum absolute atomic E-state index is 11.9. The highest BCUT2D eigenvalue weighted by atomic mass is 35.5. The van der Waals surface area contributed by atoms with Crippen molar-refractivity contribution in [1.29, 1.82) is 0 Å². The summed E-state index contributed by atoms with van der Waals surface area (Å²) in [7, 11) is 1.39. The maximum atomic E-state index is 11.9. The van der Waals surface area contributed by atoms with Crippen molar-refractivity contribution in [2.45, 2.75) is 12.5 Å². The molecule has 1 aromatic carbocycles. The Bertz CT molecular complexity index is 573. The lowest BCUT2D eigenvalue weighted by molar-refractivity contribution is -0.137. The summed E-state index contributed by atoms with van der Waals surface area (Å²) >= 11 is 5.82. The second kappa shape index (κ2) is 4.89. The third-order valence-electron chi connectivity index (χ3n) is 2.95. The van der Waals surface area contributed by atoms with Crippen molar-refractivity contribution in [3.8, 4) is 0 Å². The lowest BCUT2D eigenvalue weighted by atomic mass is 10.1. The summed E-state index contributed by atoms with van der Waals surface area (Å²) in [6, 6.07) is 3.60. The predicted octanol–water partition coefficient (Wildman–Crippen LogP) is 0.409. The number of nitrogen functional groups attached to an aromatic ring is 1. The Labute approximate surface area is 114 Å². The Balaban J connectivity index is 2.11. The molecule has 7 heteroatoms. The van der Waals surface area contributed by atoms with E-state index in [-0.39, 0.29) is 22.9 Å². The Morgan fingerprint density at radius 1 is 1.47 bits per heavy atom. The van der Waals surface area contributed by atoms with Crippen LogP contribution < -0.4 is 11.1 Å². The van der Waals surface area contributed by atoms with Gasteiger partial charge in [-0.25, -0.2) is 0 Å². The van der Waals surface area contributed by atoms with Crippen LogP contribution in [0.5, 0.6) is 0 Å². The van der Waals surface area contributed by atoms with Gasteiger partial charge in [-0.05, 0) is 18.2 Å². The number of anilines is 1. The van der Waals surface area contributed by atoms with Crippen molar-refractivity contribution in [2.75, 3.05) is 12.8 Å². The van der Waals surface area contributed by atoms with Crippen LogP contribution in [0.4, 0.5) is 5.69 Å². The van der Waals surface area contributed by atoms with Gasteiger partial charge in [0.15, 0.2) is 0 Å². The van der Waals surface area contributed by atoms with Crippen LogP contribution in [0.25, 0.3) is 0 Å². The largest absolute Gasteiger partial charge is 0.398 e. The lowest BCUT2D eigenvalue weighted by Crippen LogP contribution is -2.40. The van der Waals surface area contributed by atoms with E-state index in [1.807, 2.05) is 0 Å². The monoisotopic (exact) mass is 281 g/mol. The highest BCUT2D eigenvalue weighted by molar-refractivity contribution is 6.33. The number of halogens is 1. The van der Waals surface area contributed by atoms with Gasteiger partial charge >= 0.3 is 0 Å². The molecule has 1 aliphatic rings. The molecule has 6 nitrogen and oxygen atoms in total. The fourth-order valence-corrected chi connectivity index (χ4v) is 1.96. The second-order valence-corrected chi connectivity index (χ2v) is 4.66. The number of hydrogen-bond donors (Lipinski definition) is 2. The first-order chi connectivity index (χ1) is 8.90. The number of hydrogen-bond acceptors (Lipinski definition) is 4. The van der Waals surface area contributed by atoms with Gasteiger partial charge in [0, 0.05) is 12.6 Å². The molecule has 3 amide bonds. The highest BCUT2D eigenvalue weighted by Crippen LogP contribution is 2.20. The Kier molecular flexibility index (Phi) is 3.44. The molecule has 1 aliphatic heterocycles. The minimum Gasteiger partial charge on any atom is -0.398 e. The van der Waals surface area contributed by atoms with E-state index >= 15 is 0 Å². The number of nitrogens with zero attached hydrogens (tertiary/aromatic N) is 1. The molecule has 0 bridgehead atoms. The van der Waals surface area contributed by atoms with Crippen molar-refractivity contribution >= 4 is 35.0 Å². The van der Waals surface area contributed by atoms with Crippen LogP contribution in [-0.2, 0) is 9.59 Å². The van der Waals surface area contributed by atoms with Gasteiger partial charge in [0.25, 0.3) is 11.8 Å². The van der Waals surface area contributed by atoms with E-state index in [1.54, 1.807) is 0 Å². The van der Waals surface area contributed by atoms with Gasteiger partial charge in [-0.3, -0.25) is 19.3 Å². The Hall–Kier alpha value is -2.08. The van der Waals surface area contributed by atoms with Crippen molar-refractivity contribution < 1.29 is 14.4 Å². The van der Waals surface area contributed by atoms with Crippen LogP contribution in [0.3, 0.4) is 0 Å². The van der Waals surface area contributed by atoms with Gasteiger partial charge in [0.05, 0.1) is 17.1 Å². The summed E-state index contributed by atoms with van der Waals surface area (Å²) in [6.45, 7) is 0. The summed E-state index contributed by atoms with van der Waals surface area (Å²) < 4.78 is 0. The van der Waals surface area contributed by atoms with E-state index in [2.05, 4.69) is 5.32 Å². The molecular formula is C12H12ClN3O3. The Morgan fingerprint density at radius 2 is 2.16 bits per heavy atom. The first kappa shape index (κ1) is 13.4. The average Bonchev–Trinajstić information content (AvgIpc) is 2.60. The predicted molar refractivity (Wildman–Crippen MR) is 69.5 cm³/mol. The van der Waals surface area contributed by atoms with Crippen LogP contribution in [0.15, 0.2) is 18.2 Å². The molecule has 1 saturated heterocycles. The Morgan fingerprint density at radius 3 is 2.68 bits per heavy atom. The first-order valence-electron chi connectivity index (χ1n) is 5.56. The number of likely N-dealkylation sites (tertiary alicyclic amines) is 1. The highest BCUT2D eigenvalue weighted by Gasteiger charge is 2.37. The van der Waals surface area contributed by atoms with E-state index in [1.165, 1.54) is 25.2 Å². The van der Waals surface area contributed by atoms with Crippen LogP contribution in [0.1, 0.15) is 16.8 Å². The summed E-state index contributed by atoms with van der Waals surface area (Å²) in [4.78, 5) is 35.9. The fourth-order valence-electron chi connectivity index (χ4n) is 1.78. The summed E-state index contributed by atoms with van der Waals surface area (Å²) in [5.74, 6) is -1.20. The van der Waals surface area contributed by atoms with Gasteiger partial charge in [0.2, 0.25) is 5.91 Å². The molecule has 0 saturated carbocycles. The zero-order chi connectivity index (χ0) is 14.2. The van der Waals surface area contributed by atoms with Gasteiger partial charge in [-0.1, -0.05) is 11.6 Å². The summed E-state index contributed by atoms with van der Waals surface area (Å²) in [5, 5.41) is 2.76. The van der Waals surface area contributed by atoms with E-state index in [0.29, 0.717) is 5.69 Å². The molecule has 0 radical (unpaired) electrons. The zero-order valence-electron chi connectivity index (χ0n) is 10.1. The normalized spacial score (nSPS) is 18.8. The first-order valence-corrected chi connectivity index (χ1v) is 5.94. The molecular weight excluding hydrogens is 270 g/mol. The number of nitrogens with one attached hydrogen (secondary N) is 1. The number of imide groups is 1. The standard InChI is InChI=1S/C12H12ClN3O3/c1-16-10(17)5-9(12(16)19)15-11(18)6-2-3-8(14)7(13)4-6/h2-4,9H,5,14H2,1H3,(H,15,18). The van der Waals surface area contributed by atoms with Gasteiger partial charge in [0.1, 0.15) is 6.04 Å². The maximum Gasteiger partial charge on any atom is 0.252 e. The molecule has 1 atom stereocenters. The van der Waals surface area contributed by atoms with Crippen molar-refractivity contribution in [1.82, 2.24) is 10.2 Å². The molecule has 0 aromatic heterocycles. The number of likely N-dealkylation sites (N-methyl/N-ethyl adjacent to an activating group) is 1. The van der Waals surface area contributed by atoms with E-state index in [9.17, 15) is 14.4 Å². The number of rotatable bonds is 2. The van der Waals surface area contributed by atoms with E-state index in [0.717, 1.165) is 4.90 Å². The second-order valence-electron chi connectivity index (χ2n) is 4.26. The fraction of sp³-hybridized carbons (Fsp3) is 0.250. The molecule has 0 aliphatic carbocycles. The van der Waals surface area contributed by atoms with E-state index in [4.69, 9.17) is 17.3 Å². The molecule has 1 unspecified atom stereocenters. The van der Waals surface area contributed by atoms with Crippen molar-refractivity contribution in [3.63, 3.8) is 0 Å². The minimum absolute atomic E-state index is 0.0240. The third kappa shape index (κ3) is 2.53. The summed E-state index contributed by atoms with van der Waals surface area (Å²) in [6.07, 6.45) is -0.0240. The topological polar surface area (TPSA) is 92.5 Å². The molecule has 3 N–H and O–H groups in total. The SMILES string of the molecule is CN1C(=O)CC(NC(=O)c2ccc(N)c(Cl)c2)C1=O. The number of amides is 3. The molecule has 0 spiro atoms. The van der Waals surface area contributed by atoms with E-state index < -0.39 is 17.9 Å². The zero-order valence-corrected chi connectivity index (χ0v) is 10.9. The molecule has 2 rings (SSSR count). The molecule has 19 heavy (non-hydrogen) atoms. The molecule has 100 valence electrons. The summed E-state index contributed by atoms with van der Waals surface area (Å²) in [5.41, 5.74) is 6.19. The van der Waals surface area contributed by atoms with Crippen LogP contribution in [0.2, 0.25) is 5.02 Å². The minimum atomic E-state index is -0.818. The number of nitrogens with two attached hydrogens (primary N) is 1. The average molecular weight is 282 g/mol. The third-order valence-corrected chi connectivity index (χ3v) is 3.28. The van der Waals surface area contributed by atoms with Crippen LogP contribution in [0, 0.1) is 0 Å². The van der Waals surface area contributed by atoms with Crippen LogP contribution in [-0.4, -0.2) is 35.7 Å². The van der Waals surface area contributed by atoms with Gasteiger partial charge in [-0.2, -0.15) is 0 Å². The van der Waals surface area contributed by atoms with Crippen LogP contribution >= 0.6 is 11.6 Å². The van der Waals surface area contributed by atoms with Gasteiger partial charge < -0.3 is 11.1 Å². The molecule has 1 heterocycles. The quantitative estimate of drug-likeness (QED) is 0.606. The number of carbonyl (C=O) groups is 3. The van der Waals surface area contributed by atoms with Crippen molar-refractivity contribution in [2.24, 2.45) is 0 Å². The number of benzene rings is 1. The van der Waals surface area contributed by atoms with Gasteiger partial charge in [-0.15, -0.1) is 0 Å². The number of carbonyl (C=O) groups excluding carboxylic acids is 3. The smallest absolute Gasteiger partial charge is 0.252 e.